The molecule has 0 bridgehead atoms. The van der Waals surface area contributed by atoms with E-state index in [1.807, 2.05) is 73.5 Å². The predicted molar refractivity (Wildman–Crippen MR) is 108 cm³/mol. The Morgan fingerprint density at radius 1 is 0.962 bits per heavy atom. The van der Waals surface area contributed by atoms with Crippen molar-refractivity contribution in [3.8, 4) is 22.7 Å². The number of aromatic nitrogens is 2. The molecule has 0 atom stereocenters. The first-order valence-corrected chi connectivity index (χ1v) is 9.17. The van der Waals surface area contributed by atoms with Crippen LogP contribution in [0.15, 0.2) is 54.7 Å². The molecule has 0 fully saturated rings. The number of benzene rings is 2. The Bertz CT molecular complexity index is 842. The van der Waals surface area contributed by atoms with Gasteiger partial charge in [0.15, 0.2) is 0 Å². The van der Waals surface area contributed by atoms with E-state index in [9.17, 15) is 0 Å². The van der Waals surface area contributed by atoms with Gasteiger partial charge in [0.2, 0.25) is 5.88 Å². The van der Waals surface area contributed by atoms with Gasteiger partial charge in [0, 0.05) is 22.8 Å². The second kappa shape index (κ2) is 8.58. The lowest BCUT2D eigenvalue weighted by Gasteiger charge is -2.10. The zero-order valence-corrected chi connectivity index (χ0v) is 16.3. The molecular weight excluding hydrogens is 369 g/mol. The highest BCUT2D eigenvalue weighted by Crippen LogP contribution is 2.31. The van der Waals surface area contributed by atoms with Crippen LogP contribution >= 0.6 is 23.2 Å². The fourth-order valence-electron chi connectivity index (χ4n) is 2.57. The van der Waals surface area contributed by atoms with Crippen molar-refractivity contribution in [3.63, 3.8) is 0 Å². The van der Waals surface area contributed by atoms with Crippen LogP contribution in [0.4, 0.5) is 0 Å². The molecule has 2 aromatic carbocycles. The van der Waals surface area contributed by atoms with Crippen LogP contribution < -0.4 is 4.74 Å². The van der Waals surface area contributed by atoms with Gasteiger partial charge in [0.1, 0.15) is 0 Å². The summed E-state index contributed by atoms with van der Waals surface area (Å²) in [6.45, 7) is 1.57. The summed E-state index contributed by atoms with van der Waals surface area (Å²) in [6.07, 6.45) is 2.90. The Kier molecular flexibility index (Phi) is 6.20. The Labute approximate surface area is 163 Å². The first-order chi connectivity index (χ1) is 12.5. The first kappa shape index (κ1) is 18.8. The van der Waals surface area contributed by atoms with E-state index in [4.69, 9.17) is 27.9 Å². The monoisotopic (exact) mass is 389 g/mol. The standard InChI is InChI=1S/C20H21Cl2N3O/c1-24(2)12-3-13-26-20-19(15-4-6-16(21)7-5-15)14-25(23-20)18-10-8-17(22)9-11-18/h4-11,14H,3,12-13H2,1-2H3. The highest BCUT2D eigenvalue weighted by atomic mass is 35.5. The van der Waals surface area contributed by atoms with Crippen LogP contribution in [0.5, 0.6) is 5.88 Å². The highest BCUT2D eigenvalue weighted by Gasteiger charge is 2.14. The lowest BCUT2D eigenvalue weighted by Crippen LogP contribution is -2.15. The van der Waals surface area contributed by atoms with E-state index in [-0.39, 0.29) is 0 Å². The molecule has 0 unspecified atom stereocenters. The molecule has 3 rings (SSSR count). The molecule has 26 heavy (non-hydrogen) atoms. The molecule has 0 aliphatic rings. The van der Waals surface area contributed by atoms with Crippen LogP contribution in [0.1, 0.15) is 6.42 Å². The fraction of sp³-hybridized carbons (Fsp3) is 0.250. The maximum atomic E-state index is 6.02. The molecule has 0 amide bonds. The van der Waals surface area contributed by atoms with Gasteiger partial charge in [-0.05, 0) is 62.5 Å². The number of hydrogen-bond acceptors (Lipinski definition) is 3. The summed E-state index contributed by atoms with van der Waals surface area (Å²) in [5, 5.41) is 6.03. The average Bonchev–Trinajstić information content (AvgIpc) is 3.04. The minimum absolute atomic E-state index is 0.608. The van der Waals surface area contributed by atoms with Crippen LogP contribution in [-0.2, 0) is 0 Å². The molecule has 0 aliphatic heterocycles. The predicted octanol–water partition coefficient (Wildman–Crippen LogP) is 5.18. The van der Waals surface area contributed by atoms with E-state index in [1.165, 1.54) is 0 Å². The van der Waals surface area contributed by atoms with Gasteiger partial charge in [0.05, 0.1) is 17.9 Å². The van der Waals surface area contributed by atoms with Gasteiger partial charge in [0.25, 0.3) is 0 Å². The van der Waals surface area contributed by atoms with Gasteiger partial charge in [-0.15, -0.1) is 5.10 Å². The summed E-state index contributed by atoms with van der Waals surface area (Å²) >= 11 is 12.0. The smallest absolute Gasteiger partial charge is 0.241 e. The SMILES string of the molecule is CN(C)CCCOc1nn(-c2ccc(Cl)cc2)cc1-c1ccc(Cl)cc1. The van der Waals surface area contributed by atoms with E-state index in [0.29, 0.717) is 22.5 Å². The first-order valence-electron chi connectivity index (χ1n) is 8.42. The van der Waals surface area contributed by atoms with Crippen molar-refractivity contribution < 1.29 is 4.74 Å². The molecule has 1 heterocycles. The van der Waals surface area contributed by atoms with Gasteiger partial charge in [-0.3, -0.25) is 0 Å². The minimum Gasteiger partial charge on any atom is -0.476 e. The number of rotatable bonds is 7. The van der Waals surface area contributed by atoms with Crippen LogP contribution in [0.25, 0.3) is 16.8 Å². The van der Waals surface area contributed by atoms with Crippen LogP contribution in [0.2, 0.25) is 10.0 Å². The maximum Gasteiger partial charge on any atom is 0.241 e. The molecule has 4 nitrogen and oxygen atoms in total. The molecule has 3 aromatic rings. The Balaban J connectivity index is 1.89. The van der Waals surface area contributed by atoms with Crippen LogP contribution in [0.3, 0.4) is 0 Å². The third-order valence-electron chi connectivity index (χ3n) is 3.92. The summed E-state index contributed by atoms with van der Waals surface area (Å²) in [6, 6.07) is 15.2. The topological polar surface area (TPSA) is 30.3 Å². The van der Waals surface area contributed by atoms with Gasteiger partial charge in [-0.1, -0.05) is 35.3 Å². The zero-order chi connectivity index (χ0) is 18.5. The summed E-state index contributed by atoms with van der Waals surface area (Å²) < 4.78 is 7.79. The lowest BCUT2D eigenvalue weighted by atomic mass is 10.1. The Morgan fingerprint density at radius 2 is 1.58 bits per heavy atom. The average molecular weight is 390 g/mol. The Hall–Kier alpha value is -2.01. The molecule has 6 heteroatoms. The molecule has 136 valence electrons. The van der Waals surface area contributed by atoms with E-state index in [1.54, 1.807) is 0 Å². The Morgan fingerprint density at radius 3 is 2.19 bits per heavy atom. The lowest BCUT2D eigenvalue weighted by molar-refractivity contribution is 0.273. The number of nitrogens with zero attached hydrogens (tertiary/aromatic N) is 3. The number of halogens is 2. The molecule has 0 spiro atoms. The van der Waals surface area contributed by atoms with Gasteiger partial charge >= 0.3 is 0 Å². The molecular formula is C20H21Cl2N3O. The molecule has 0 saturated carbocycles. The van der Waals surface area contributed by atoms with E-state index >= 15 is 0 Å². The van der Waals surface area contributed by atoms with Gasteiger partial charge < -0.3 is 9.64 Å². The number of hydrogen-bond donors (Lipinski definition) is 0. The van der Waals surface area contributed by atoms with Gasteiger partial charge in [-0.25, -0.2) is 4.68 Å². The molecule has 0 saturated heterocycles. The van der Waals surface area contributed by atoms with Crippen LogP contribution in [0, 0.1) is 0 Å². The fourth-order valence-corrected chi connectivity index (χ4v) is 2.82. The van der Waals surface area contributed by atoms with Gasteiger partial charge in [-0.2, -0.15) is 0 Å². The molecule has 0 N–H and O–H groups in total. The third kappa shape index (κ3) is 4.79. The van der Waals surface area contributed by atoms with Crippen molar-refractivity contribution in [2.45, 2.75) is 6.42 Å². The second-order valence-electron chi connectivity index (χ2n) is 6.28. The molecule has 0 radical (unpaired) electrons. The summed E-state index contributed by atoms with van der Waals surface area (Å²) in [4.78, 5) is 2.13. The third-order valence-corrected chi connectivity index (χ3v) is 4.42. The van der Waals surface area contributed by atoms with E-state index in [0.717, 1.165) is 29.8 Å². The van der Waals surface area contributed by atoms with Crippen molar-refractivity contribution >= 4 is 23.2 Å². The largest absolute Gasteiger partial charge is 0.476 e. The van der Waals surface area contributed by atoms with Crippen molar-refractivity contribution in [2.24, 2.45) is 0 Å². The molecule has 0 aliphatic carbocycles. The van der Waals surface area contributed by atoms with Crippen molar-refractivity contribution in [1.82, 2.24) is 14.7 Å². The quantitative estimate of drug-likeness (QED) is 0.521. The van der Waals surface area contributed by atoms with Crippen molar-refractivity contribution in [1.29, 1.82) is 0 Å². The summed E-state index contributed by atoms with van der Waals surface area (Å²) in [5.41, 5.74) is 2.87. The van der Waals surface area contributed by atoms with E-state index in [2.05, 4.69) is 10.00 Å². The number of ether oxygens (including phenoxy) is 1. The highest BCUT2D eigenvalue weighted by molar-refractivity contribution is 6.30. The van der Waals surface area contributed by atoms with Crippen LogP contribution in [-0.4, -0.2) is 41.9 Å². The summed E-state index contributed by atoms with van der Waals surface area (Å²) in [5.74, 6) is 0.612. The molecule has 1 aromatic heterocycles. The van der Waals surface area contributed by atoms with Crippen molar-refractivity contribution in [3.05, 3.63) is 64.8 Å². The summed E-state index contributed by atoms with van der Waals surface area (Å²) in [7, 11) is 4.10. The zero-order valence-electron chi connectivity index (χ0n) is 14.8. The normalized spacial score (nSPS) is 11.1. The van der Waals surface area contributed by atoms with Crippen molar-refractivity contribution in [2.75, 3.05) is 27.2 Å². The minimum atomic E-state index is 0.608. The second-order valence-corrected chi connectivity index (χ2v) is 7.15. The maximum absolute atomic E-state index is 6.02. The van der Waals surface area contributed by atoms with E-state index < -0.39 is 0 Å².